The second-order valence-electron chi connectivity index (χ2n) is 13.6. The Morgan fingerprint density at radius 3 is 2.36 bits per heavy atom. The van der Waals surface area contributed by atoms with Crippen molar-refractivity contribution in [2.45, 2.75) is 50.7 Å². The predicted molar refractivity (Wildman–Crippen MR) is 194 cm³/mol. The van der Waals surface area contributed by atoms with Crippen molar-refractivity contribution in [2.24, 2.45) is 11.8 Å². The predicted octanol–water partition coefficient (Wildman–Crippen LogP) is 5.10. The Bertz CT molecular complexity index is 1820. The van der Waals surface area contributed by atoms with Gasteiger partial charge in [-0.1, -0.05) is 54.6 Å². The van der Waals surface area contributed by atoms with Crippen molar-refractivity contribution >= 4 is 28.6 Å². The number of phenols is 1. The van der Waals surface area contributed by atoms with Crippen molar-refractivity contribution in [2.75, 3.05) is 44.2 Å². The number of aromatic nitrogens is 1. The summed E-state index contributed by atoms with van der Waals surface area (Å²) >= 11 is 0. The van der Waals surface area contributed by atoms with E-state index in [2.05, 4.69) is 20.5 Å². The summed E-state index contributed by atoms with van der Waals surface area (Å²) in [5, 5.41) is 38.3. The molecule has 264 valence electrons. The highest BCUT2D eigenvalue weighted by atomic mass is 16.4. The van der Waals surface area contributed by atoms with Crippen molar-refractivity contribution in [3.8, 4) is 16.9 Å². The van der Waals surface area contributed by atoms with Crippen LogP contribution in [0.2, 0.25) is 0 Å². The second kappa shape index (κ2) is 16.3. The Labute approximate surface area is 291 Å². The van der Waals surface area contributed by atoms with Crippen molar-refractivity contribution in [1.82, 2.24) is 20.5 Å². The average Bonchev–Trinajstić information content (AvgIpc) is 3.13. The van der Waals surface area contributed by atoms with E-state index in [1.165, 1.54) is 17.0 Å². The molecule has 1 saturated carbocycles. The second-order valence-corrected chi connectivity index (χ2v) is 13.6. The minimum atomic E-state index is -0.940. The van der Waals surface area contributed by atoms with Gasteiger partial charge in [-0.3, -0.25) is 14.5 Å². The SMILES string of the molecule is O=C(NCCN1CCC(N(C(=O)O)c2ccccc2-c2ccccc2)CC1)C1CCC(CNC[C@H](O)c2ccc(O)c3[nH]c(=O)ccc23)CC1. The largest absolute Gasteiger partial charge is 0.506 e. The Morgan fingerprint density at radius 1 is 0.900 bits per heavy atom. The molecule has 2 fully saturated rings. The standard InChI is InChI=1S/C39H47N5O6/c45-34-16-14-31(32-15-17-36(47)42-37(32)34)35(46)25-40-24-26-10-12-28(13-11-26)38(48)41-20-23-43-21-18-29(19-22-43)44(39(49)50)33-9-5-4-8-30(33)27-6-2-1-3-7-27/h1-9,14-17,26,28-29,35,40,45-46H,10-13,18-25H2,(H,41,48)(H,42,47)(H,49,50)/t26?,28?,35-/m0/s1. The zero-order valence-corrected chi connectivity index (χ0v) is 28.3. The highest BCUT2D eigenvalue weighted by Gasteiger charge is 2.31. The number of aliphatic hydroxyl groups is 1. The van der Waals surface area contributed by atoms with Gasteiger partial charge in [0.2, 0.25) is 11.5 Å². The maximum Gasteiger partial charge on any atom is 0.412 e. The van der Waals surface area contributed by atoms with Gasteiger partial charge in [0.1, 0.15) is 5.75 Å². The molecule has 0 spiro atoms. The molecule has 0 unspecified atom stereocenters. The highest BCUT2D eigenvalue weighted by molar-refractivity contribution is 5.93. The molecule has 6 rings (SSSR count). The molecule has 50 heavy (non-hydrogen) atoms. The lowest BCUT2D eigenvalue weighted by Crippen LogP contribution is -2.49. The third-order valence-corrected chi connectivity index (χ3v) is 10.4. The number of aromatic hydroxyl groups is 1. The average molecular weight is 682 g/mol. The number of amides is 2. The van der Waals surface area contributed by atoms with Crippen molar-refractivity contribution in [1.29, 1.82) is 0 Å². The third-order valence-electron chi connectivity index (χ3n) is 10.4. The fraction of sp³-hybridized carbons (Fsp3) is 0.410. The van der Waals surface area contributed by atoms with Crippen LogP contribution in [0.15, 0.2) is 83.7 Å². The molecule has 1 aliphatic heterocycles. The number of aliphatic hydroxyl groups excluding tert-OH is 1. The van der Waals surface area contributed by atoms with E-state index in [-0.39, 0.29) is 29.2 Å². The number of hydrogen-bond donors (Lipinski definition) is 6. The first kappa shape index (κ1) is 35.1. The summed E-state index contributed by atoms with van der Waals surface area (Å²) in [6, 6.07) is 23.6. The quantitative estimate of drug-likeness (QED) is 0.121. The van der Waals surface area contributed by atoms with Gasteiger partial charge in [-0.05, 0) is 80.3 Å². The van der Waals surface area contributed by atoms with Gasteiger partial charge >= 0.3 is 6.09 Å². The number of likely N-dealkylation sites (tertiary alicyclic amines) is 1. The summed E-state index contributed by atoms with van der Waals surface area (Å²) < 4.78 is 0. The summed E-state index contributed by atoms with van der Waals surface area (Å²) in [6.45, 7) is 3.93. The number of fused-ring (bicyclic) bond motifs is 1. The fourth-order valence-electron chi connectivity index (χ4n) is 7.60. The van der Waals surface area contributed by atoms with Crippen LogP contribution in [0.4, 0.5) is 10.5 Å². The summed E-state index contributed by atoms with van der Waals surface area (Å²) in [6.07, 6.45) is 3.25. The molecule has 4 aromatic rings. The van der Waals surface area contributed by atoms with E-state index >= 15 is 0 Å². The number of hydrogen-bond acceptors (Lipinski definition) is 7. The summed E-state index contributed by atoms with van der Waals surface area (Å²) in [5.74, 6) is 0.495. The van der Waals surface area contributed by atoms with Crippen LogP contribution in [-0.2, 0) is 4.79 Å². The van der Waals surface area contributed by atoms with E-state index in [1.807, 2.05) is 54.6 Å². The number of anilines is 1. The normalized spacial score (nSPS) is 19.2. The molecule has 3 aromatic carbocycles. The van der Waals surface area contributed by atoms with Gasteiger partial charge in [0, 0.05) is 61.7 Å². The smallest absolute Gasteiger partial charge is 0.412 e. The summed E-state index contributed by atoms with van der Waals surface area (Å²) in [4.78, 5) is 43.7. The van der Waals surface area contributed by atoms with Gasteiger partial charge < -0.3 is 35.8 Å². The van der Waals surface area contributed by atoms with Crippen LogP contribution in [0.3, 0.4) is 0 Å². The molecule has 2 amide bonds. The molecule has 1 aliphatic carbocycles. The summed E-state index contributed by atoms with van der Waals surface area (Å²) in [7, 11) is 0. The van der Waals surface area contributed by atoms with E-state index in [4.69, 9.17) is 0 Å². The lowest BCUT2D eigenvalue weighted by Gasteiger charge is -2.38. The number of nitrogens with one attached hydrogen (secondary N) is 3. The van der Waals surface area contributed by atoms with Gasteiger partial charge in [-0.25, -0.2) is 4.79 Å². The molecule has 6 N–H and O–H groups in total. The number of nitrogens with zero attached hydrogens (tertiary/aromatic N) is 2. The lowest BCUT2D eigenvalue weighted by molar-refractivity contribution is -0.126. The monoisotopic (exact) mass is 681 g/mol. The van der Waals surface area contributed by atoms with E-state index in [0.29, 0.717) is 41.2 Å². The van der Waals surface area contributed by atoms with Gasteiger partial charge in [0.25, 0.3) is 0 Å². The molecular weight excluding hydrogens is 634 g/mol. The van der Waals surface area contributed by atoms with Crippen molar-refractivity contribution < 1.29 is 24.9 Å². The van der Waals surface area contributed by atoms with Gasteiger partial charge in [0.05, 0.1) is 17.3 Å². The fourth-order valence-corrected chi connectivity index (χ4v) is 7.60. The van der Waals surface area contributed by atoms with Crippen LogP contribution in [0.5, 0.6) is 5.75 Å². The number of carbonyl (C=O) groups is 2. The Kier molecular flexibility index (Phi) is 11.5. The minimum Gasteiger partial charge on any atom is -0.506 e. The van der Waals surface area contributed by atoms with Gasteiger partial charge in [0.15, 0.2) is 0 Å². The number of para-hydroxylation sites is 1. The number of rotatable bonds is 12. The van der Waals surface area contributed by atoms with E-state index in [9.17, 15) is 29.7 Å². The highest BCUT2D eigenvalue weighted by Crippen LogP contribution is 2.34. The number of H-pyrrole nitrogens is 1. The third kappa shape index (κ3) is 8.35. The van der Waals surface area contributed by atoms with Crippen LogP contribution in [0, 0.1) is 11.8 Å². The molecule has 2 heterocycles. The molecule has 2 aliphatic rings. The zero-order valence-electron chi connectivity index (χ0n) is 28.3. The number of phenolic OH excluding ortho intramolecular Hbond substituents is 1. The van der Waals surface area contributed by atoms with E-state index in [0.717, 1.165) is 75.8 Å². The van der Waals surface area contributed by atoms with Crippen molar-refractivity contribution in [3.05, 3.63) is 94.8 Å². The number of carboxylic acid groups (broad SMARTS) is 1. The number of pyridine rings is 1. The Balaban J connectivity index is 0.900. The zero-order chi connectivity index (χ0) is 35.0. The maximum absolute atomic E-state index is 13.0. The van der Waals surface area contributed by atoms with Gasteiger partial charge in [-0.15, -0.1) is 0 Å². The minimum absolute atomic E-state index is 0.00176. The van der Waals surface area contributed by atoms with E-state index < -0.39 is 12.2 Å². The number of benzene rings is 3. The number of aromatic amines is 1. The first-order valence-electron chi connectivity index (χ1n) is 17.7. The molecule has 11 heteroatoms. The van der Waals surface area contributed by atoms with Gasteiger partial charge in [-0.2, -0.15) is 0 Å². The van der Waals surface area contributed by atoms with Crippen molar-refractivity contribution in [3.63, 3.8) is 0 Å². The topological polar surface area (TPSA) is 158 Å². The first-order valence-corrected chi connectivity index (χ1v) is 17.7. The molecule has 1 atom stereocenters. The Morgan fingerprint density at radius 2 is 1.62 bits per heavy atom. The molecule has 0 bridgehead atoms. The number of piperidine rings is 1. The Hall–Kier alpha value is -4.71. The molecule has 0 radical (unpaired) electrons. The van der Waals surface area contributed by atoms with E-state index in [1.54, 1.807) is 12.1 Å². The number of carbonyl (C=O) groups excluding carboxylic acids is 1. The maximum atomic E-state index is 13.0. The molecule has 1 aromatic heterocycles. The summed E-state index contributed by atoms with van der Waals surface area (Å²) in [5.41, 5.74) is 3.25. The lowest BCUT2D eigenvalue weighted by atomic mass is 9.81. The van der Waals surface area contributed by atoms with Crippen LogP contribution < -0.4 is 21.1 Å². The van der Waals surface area contributed by atoms with Crippen LogP contribution in [-0.4, -0.2) is 82.5 Å². The molecular formula is C39H47N5O6. The van der Waals surface area contributed by atoms with Crippen LogP contribution >= 0.6 is 0 Å². The molecule has 11 nitrogen and oxygen atoms in total. The van der Waals surface area contributed by atoms with Crippen LogP contribution in [0.25, 0.3) is 22.0 Å². The molecule has 1 saturated heterocycles. The van der Waals surface area contributed by atoms with Crippen LogP contribution in [0.1, 0.15) is 50.2 Å². The first-order chi connectivity index (χ1) is 24.3.